The van der Waals surface area contributed by atoms with Crippen LogP contribution in [0.1, 0.15) is 6.92 Å². The molecule has 0 spiro atoms. The van der Waals surface area contributed by atoms with Gasteiger partial charge in [-0.15, -0.1) is 0 Å². The summed E-state index contributed by atoms with van der Waals surface area (Å²) in [5.74, 6) is 2.04. The Morgan fingerprint density at radius 1 is 1.67 bits per heavy atom. The Hall–Kier alpha value is -0.710. The molecular formula is C7H13N3OS. The monoisotopic (exact) mass is 187 g/mol. The van der Waals surface area contributed by atoms with Gasteiger partial charge in [0, 0.05) is 12.8 Å². The van der Waals surface area contributed by atoms with E-state index in [2.05, 4.69) is 12.0 Å². The molecule has 0 radical (unpaired) electrons. The maximum absolute atomic E-state index is 11.2. The fourth-order valence-electron chi connectivity index (χ4n) is 0.869. The van der Waals surface area contributed by atoms with E-state index in [9.17, 15) is 4.79 Å². The molecule has 0 aromatic carbocycles. The van der Waals surface area contributed by atoms with Gasteiger partial charge < -0.3 is 0 Å². The predicted molar refractivity (Wildman–Crippen MR) is 50.5 cm³/mol. The SMILES string of the molecule is CCSCCn1ncn(C)c1=O. The van der Waals surface area contributed by atoms with Crippen LogP contribution in [-0.4, -0.2) is 25.9 Å². The summed E-state index contributed by atoms with van der Waals surface area (Å²) in [4.78, 5) is 11.2. The van der Waals surface area contributed by atoms with Crippen LogP contribution in [-0.2, 0) is 13.6 Å². The zero-order valence-corrected chi connectivity index (χ0v) is 8.17. The normalized spacial score (nSPS) is 10.5. The van der Waals surface area contributed by atoms with E-state index in [1.807, 2.05) is 11.8 Å². The van der Waals surface area contributed by atoms with E-state index in [1.54, 1.807) is 13.4 Å². The molecule has 0 atom stereocenters. The van der Waals surface area contributed by atoms with Gasteiger partial charge in [-0.05, 0) is 5.75 Å². The minimum absolute atomic E-state index is 0.0355. The lowest BCUT2D eigenvalue weighted by Gasteiger charge is -1.96. The van der Waals surface area contributed by atoms with Crippen LogP contribution in [0.25, 0.3) is 0 Å². The standard InChI is InChI=1S/C7H13N3OS/c1-3-12-5-4-10-7(11)9(2)6-8-10/h6H,3-5H2,1-2H3. The molecule has 12 heavy (non-hydrogen) atoms. The molecular weight excluding hydrogens is 174 g/mol. The Labute approximate surface area is 75.6 Å². The summed E-state index contributed by atoms with van der Waals surface area (Å²) in [6.07, 6.45) is 1.54. The van der Waals surface area contributed by atoms with Gasteiger partial charge in [-0.1, -0.05) is 6.92 Å². The average Bonchev–Trinajstić information content (AvgIpc) is 2.36. The molecule has 0 aliphatic carbocycles. The highest BCUT2D eigenvalue weighted by Crippen LogP contribution is 1.97. The van der Waals surface area contributed by atoms with Gasteiger partial charge in [-0.2, -0.15) is 16.9 Å². The molecule has 0 bridgehead atoms. The first-order chi connectivity index (χ1) is 5.75. The van der Waals surface area contributed by atoms with Gasteiger partial charge in [0.05, 0.1) is 6.54 Å². The van der Waals surface area contributed by atoms with Gasteiger partial charge in [-0.3, -0.25) is 4.57 Å². The maximum atomic E-state index is 11.2. The summed E-state index contributed by atoms with van der Waals surface area (Å²) in [5.41, 5.74) is -0.0355. The Morgan fingerprint density at radius 3 is 2.92 bits per heavy atom. The lowest BCUT2D eigenvalue weighted by atomic mass is 10.8. The van der Waals surface area contributed by atoms with Crippen molar-refractivity contribution in [3.8, 4) is 0 Å². The first-order valence-electron chi connectivity index (χ1n) is 3.92. The van der Waals surface area contributed by atoms with Crippen LogP contribution in [0.5, 0.6) is 0 Å². The van der Waals surface area contributed by atoms with Gasteiger partial charge in [0.1, 0.15) is 6.33 Å². The number of aromatic nitrogens is 3. The molecule has 0 aliphatic rings. The van der Waals surface area contributed by atoms with Crippen LogP contribution in [0.15, 0.2) is 11.1 Å². The summed E-state index contributed by atoms with van der Waals surface area (Å²) < 4.78 is 2.97. The van der Waals surface area contributed by atoms with Gasteiger partial charge in [0.2, 0.25) is 0 Å². The Balaban J connectivity index is 2.52. The Bertz CT molecular complexity index is 291. The molecule has 68 valence electrons. The summed E-state index contributed by atoms with van der Waals surface area (Å²) in [6.45, 7) is 2.81. The second-order valence-electron chi connectivity index (χ2n) is 2.44. The molecule has 0 fully saturated rings. The third kappa shape index (κ3) is 2.14. The average molecular weight is 187 g/mol. The van der Waals surface area contributed by atoms with Crippen molar-refractivity contribution >= 4 is 11.8 Å². The zero-order chi connectivity index (χ0) is 8.97. The quantitative estimate of drug-likeness (QED) is 0.638. The summed E-state index contributed by atoms with van der Waals surface area (Å²) in [5, 5.41) is 3.94. The summed E-state index contributed by atoms with van der Waals surface area (Å²) in [6, 6.07) is 0. The zero-order valence-electron chi connectivity index (χ0n) is 7.36. The number of hydrogen-bond donors (Lipinski definition) is 0. The molecule has 0 N–H and O–H groups in total. The third-order valence-corrected chi connectivity index (χ3v) is 2.42. The maximum Gasteiger partial charge on any atom is 0.345 e. The molecule has 0 saturated heterocycles. The van der Waals surface area contributed by atoms with Crippen LogP contribution in [0, 0.1) is 0 Å². The Kier molecular flexibility index (Phi) is 3.40. The number of nitrogens with zero attached hydrogens (tertiary/aromatic N) is 3. The molecule has 1 heterocycles. The number of rotatable bonds is 4. The molecule has 0 aliphatic heterocycles. The van der Waals surface area contributed by atoms with Crippen molar-refractivity contribution < 1.29 is 0 Å². The molecule has 1 aromatic rings. The van der Waals surface area contributed by atoms with Crippen LogP contribution in [0.2, 0.25) is 0 Å². The van der Waals surface area contributed by atoms with E-state index >= 15 is 0 Å². The number of hydrogen-bond acceptors (Lipinski definition) is 3. The molecule has 0 amide bonds. The van der Waals surface area contributed by atoms with Crippen molar-refractivity contribution in [2.75, 3.05) is 11.5 Å². The van der Waals surface area contributed by atoms with E-state index < -0.39 is 0 Å². The van der Waals surface area contributed by atoms with Crippen LogP contribution in [0.4, 0.5) is 0 Å². The summed E-state index contributed by atoms with van der Waals surface area (Å²) in [7, 11) is 1.71. The highest BCUT2D eigenvalue weighted by atomic mass is 32.2. The number of aryl methyl sites for hydroxylation is 2. The van der Waals surface area contributed by atoms with Crippen LogP contribution < -0.4 is 5.69 Å². The van der Waals surface area contributed by atoms with E-state index in [0.29, 0.717) is 6.54 Å². The minimum atomic E-state index is -0.0355. The van der Waals surface area contributed by atoms with Gasteiger partial charge in [0.25, 0.3) is 0 Å². The molecule has 0 unspecified atom stereocenters. The first-order valence-corrected chi connectivity index (χ1v) is 5.07. The second kappa shape index (κ2) is 4.35. The smallest absolute Gasteiger partial charge is 0.285 e. The second-order valence-corrected chi connectivity index (χ2v) is 3.84. The topological polar surface area (TPSA) is 39.8 Å². The van der Waals surface area contributed by atoms with Gasteiger partial charge in [0.15, 0.2) is 0 Å². The first kappa shape index (κ1) is 9.38. The van der Waals surface area contributed by atoms with Gasteiger partial charge >= 0.3 is 5.69 Å². The van der Waals surface area contributed by atoms with Crippen molar-refractivity contribution in [3.05, 3.63) is 16.8 Å². The molecule has 1 rings (SSSR count). The van der Waals surface area contributed by atoms with Crippen molar-refractivity contribution in [1.82, 2.24) is 14.3 Å². The van der Waals surface area contributed by atoms with Crippen molar-refractivity contribution in [1.29, 1.82) is 0 Å². The fraction of sp³-hybridized carbons (Fsp3) is 0.714. The largest absolute Gasteiger partial charge is 0.345 e. The van der Waals surface area contributed by atoms with Crippen molar-refractivity contribution in [2.24, 2.45) is 7.05 Å². The molecule has 5 heteroatoms. The Morgan fingerprint density at radius 2 is 2.42 bits per heavy atom. The molecule has 4 nitrogen and oxygen atoms in total. The van der Waals surface area contributed by atoms with Crippen LogP contribution >= 0.6 is 11.8 Å². The lowest BCUT2D eigenvalue weighted by molar-refractivity contribution is 0.629. The highest BCUT2D eigenvalue weighted by molar-refractivity contribution is 7.99. The van der Waals surface area contributed by atoms with Crippen molar-refractivity contribution in [3.63, 3.8) is 0 Å². The minimum Gasteiger partial charge on any atom is -0.285 e. The number of thioether (sulfide) groups is 1. The third-order valence-electron chi connectivity index (χ3n) is 1.54. The van der Waals surface area contributed by atoms with Crippen LogP contribution in [0.3, 0.4) is 0 Å². The lowest BCUT2D eigenvalue weighted by Crippen LogP contribution is -2.23. The van der Waals surface area contributed by atoms with Gasteiger partial charge in [-0.25, -0.2) is 9.48 Å². The van der Waals surface area contributed by atoms with E-state index in [1.165, 1.54) is 9.25 Å². The molecule has 0 saturated carbocycles. The summed E-state index contributed by atoms with van der Waals surface area (Å²) >= 11 is 1.81. The van der Waals surface area contributed by atoms with E-state index in [0.717, 1.165) is 11.5 Å². The van der Waals surface area contributed by atoms with E-state index in [-0.39, 0.29) is 5.69 Å². The molecule has 1 aromatic heterocycles. The predicted octanol–water partition coefficient (Wildman–Crippen LogP) is 0.335. The fourth-order valence-corrected chi connectivity index (χ4v) is 1.46. The van der Waals surface area contributed by atoms with Crippen molar-refractivity contribution in [2.45, 2.75) is 13.5 Å². The van der Waals surface area contributed by atoms with E-state index in [4.69, 9.17) is 0 Å². The highest BCUT2D eigenvalue weighted by Gasteiger charge is 1.99.